The molecule has 0 spiro atoms. The van der Waals surface area contributed by atoms with Crippen LogP contribution in [0.2, 0.25) is 15.1 Å². The molecule has 36 heavy (non-hydrogen) atoms. The second-order valence-corrected chi connectivity index (χ2v) is 11.0. The minimum atomic E-state index is -4.13. The lowest BCUT2D eigenvalue weighted by Gasteiger charge is -2.31. The second kappa shape index (κ2) is 12.0. The molecule has 3 rings (SSSR count). The number of benzene rings is 3. The van der Waals surface area contributed by atoms with Crippen molar-refractivity contribution in [1.82, 2.24) is 10.2 Å². The van der Waals surface area contributed by atoms with E-state index in [0.29, 0.717) is 20.6 Å². The lowest BCUT2D eigenvalue weighted by atomic mass is 10.1. The summed E-state index contributed by atoms with van der Waals surface area (Å²) < 4.78 is 28.2. The van der Waals surface area contributed by atoms with Crippen LogP contribution in [0.1, 0.15) is 12.5 Å². The van der Waals surface area contributed by atoms with Crippen LogP contribution in [0, 0.1) is 0 Å². The summed E-state index contributed by atoms with van der Waals surface area (Å²) in [5.74, 6) is -1.00. The number of hydrogen-bond acceptors (Lipinski definition) is 4. The first kappa shape index (κ1) is 27.8. The molecule has 2 amide bonds. The molecule has 0 unspecified atom stereocenters. The zero-order chi connectivity index (χ0) is 26.5. The van der Waals surface area contributed by atoms with E-state index in [4.69, 9.17) is 34.8 Å². The molecule has 1 N–H and O–H groups in total. The van der Waals surface area contributed by atoms with Crippen LogP contribution in [0.3, 0.4) is 0 Å². The molecule has 7 nitrogen and oxygen atoms in total. The van der Waals surface area contributed by atoms with Gasteiger partial charge in [0.25, 0.3) is 10.0 Å². The van der Waals surface area contributed by atoms with Gasteiger partial charge >= 0.3 is 0 Å². The first-order valence-electron chi connectivity index (χ1n) is 10.8. The number of hydrogen-bond donors (Lipinski definition) is 1. The molecule has 0 saturated carbocycles. The second-order valence-electron chi connectivity index (χ2n) is 7.86. The van der Waals surface area contributed by atoms with Crippen molar-refractivity contribution in [2.24, 2.45) is 0 Å². The van der Waals surface area contributed by atoms with E-state index in [2.05, 4.69) is 5.32 Å². The van der Waals surface area contributed by atoms with Gasteiger partial charge in [0.15, 0.2) is 0 Å². The van der Waals surface area contributed by atoms with Crippen molar-refractivity contribution in [2.45, 2.75) is 24.4 Å². The van der Waals surface area contributed by atoms with Gasteiger partial charge < -0.3 is 10.2 Å². The van der Waals surface area contributed by atoms with E-state index in [-0.39, 0.29) is 17.1 Å². The molecule has 0 saturated heterocycles. The number of rotatable bonds is 9. The van der Waals surface area contributed by atoms with E-state index in [1.54, 1.807) is 43.3 Å². The highest BCUT2D eigenvalue weighted by Gasteiger charge is 2.32. The number of amides is 2. The highest BCUT2D eigenvalue weighted by atomic mass is 35.5. The minimum Gasteiger partial charge on any atom is -0.357 e. The van der Waals surface area contributed by atoms with E-state index in [1.807, 2.05) is 0 Å². The van der Waals surface area contributed by atoms with Crippen molar-refractivity contribution in [1.29, 1.82) is 0 Å². The predicted octanol–water partition coefficient (Wildman–Crippen LogP) is 5.01. The van der Waals surface area contributed by atoms with E-state index >= 15 is 0 Å². The maximum Gasteiger partial charge on any atom is 0.264 e. The van der Waals surface area contributed by atoms with Crippen molar-refractivity contribution >= 4 is 62.3 Å². The van der Waals surface area contributed by atoms with Gasteiger partial charge in [0.1, 0.15) is 12.6 Å². The monoisotopic (exact) mass is 567 g/mol. The maximum atomic E-state index is 13.6. The number of nitrogens with zero attached hydrogens (tertiary/aromatic N) is 2. The molecule has 0 radical (unpaired) electrons. The SMILES string of the molecule is CNC(=O)[C@H](C)N(Cc1ccc(Cl)c(Cl)c1)C(=O)CN(c1ccc(Cl)cc1)S(=O)(=O)c1ccccc1. The Morgan fingerprint density at radius 2 is 1.56 bits per heavy atom. The summed E-state index contributed by atoms with van der Waals surface area (Å²) in [5, 5.41) is 3.58. The van der Waals surface area contributed by atoms with Crippen LogP contribution in [0.5, 0.6) is 0 Å². The first-order valence-corrected chi connectivity index (χ1v) is 13.4. The van der Waals surface area contributed by atoms with Crippen molar-refractivity contribution in [2.75, 3.05) is 17.9 Å². The number of carbonyl (C=O) groups excluding carboxylic acids is 2. The molecule has 1 atom stereocenters. The normalized spacial score (nSPS) is 12.0. The van der Waals surface area contributed by atoms with Crippen molar-refractivity contribution in [3.63, 3.8) is 0 Å². The Bertz CT molecular complexity index is 1340. The molecule has 0 aromatic heterocycles. The van der Waals surface area contributed by atoms with E-state index in [9.17, 15) is 18.0 Å². The van der Waals surface area contributed by atoms with Gasteiger partial charge in [-0.1, -0.05) is 59.1 Å². The fourth-order valence-corrected chi connectivity index (χ4v) is 5.36. The molecular weight excluding hydrogens is 545 g/mol. The number of halogens is 3. The average Bonchev–Trinajstić information content (AvgIpc) is 2.88. The van der Waals surface area contributed by atoms with Gasteiger partial charge in [-0.05, 0) is 61.0 Å². The molecule has 0 heterocycles. The van der Waals surface area contributed by atoms with E-state index in [0.717, 1.165) is 4.31 Å². The molecule has 0 aliphatic carbocycles. The van der Waals surface area contributed by atoms with Crippen LogP contribution in [0.15, 0.2) is 77.7 Å². The quantitative estimate of drug-likeness (QED) is 0.393. The smallest absolute Gasteiger partial charge is 0.264 e. The van der Waals surface area contributed by atoms with Gasteiger partial charge in [-0.25, -0.2) is 8.42 Å². The predicted molar refractivity (Wildman–Crippen MR) is 143 cm³/mol. The Morgan fingerprint density at radius 1 is 0.917 bits per heavy atom. The number of anilines is 1. The molecule has 0 fully saturated rings. The summed E-state index contributed by atoms with van der Waals surface area (Å²) >= 11 is 18.2. The van der Waals surface area contributed by atoms with Crippen LogP contribution in [-0.2, 0) is 26.2 Å². The van der Waals surface area contributed by atoms with Crippen molar-refractivity contribution in [3.8, 4) is 0 Å². The number of carbonyl (C=O) groups is 2. The molecule has 3 aromatic rings. The number of nitrogens with one attached hydrogen (secondary N) is 1. The fraction of sp³-hybridized carbons (Fsp3) is 0.200. The Balaban J connectivity index is 2.02. The van der Waals surface area contributed by atoms with Crippen molar-refractivity contribution in [3.05, 3.63) is 93.4 Å². The third-order valence-corrected chi connectivity index (χ3v) is 8.25. The summed E-state index contributed by atoms with van der Waals surface area (Å²) in [6, 6.07) is 17.9. The number of sulfonamides is 1. The summed E-state index contributed by atoms with van der Waals surface area (Å²) in [5.41, 5.74) is 0.871. The van der Waals surface area contributed by atoms with Crippen LogP contribution in [0.25, 0.3) is 0 Å². The molecule has 3 aromatic carbocycles. The van der Waals surface area contributed by atoms with Gasteiger partial charge in [-0.2, -0.15) is 0 Å². The Morgan fingerprint density at radius 3 is 2.14 bits per heavy atom. The molecule has 190 valence electrons. The third-order valence-electron chi connectivity index (χ3n) is 5.48. The van der Waals surface area contributed by atoms with Crippen LogP contribution in [-0.4, -0.2) is 44.8 Å². The van der Waals surface area contributed by atoms with Crippen LogP contribution < -0.4 is 9.62 Å². The Hall–Kier alpha value is -2.78. The maximum absolute atomic E-state index is 13.6. The third kappa shape index (κ3) is 6.50. The lowest BCUT2D eigenvalue weighted by Crippen LogP contribution is -2.50. The number of likely N-dealkylation sites (N-methyl/N-ethyl adjacent to an activating group) is 1. The molecule has 0 aliphatic rings. The zero-order valence-electron chi connectivity index (χ0n) is 19.5. The van der Waals surface area contributed by atoms with Gasteiger partial charge in [-0.15, -0.1) is 0 Å². The fourth-order valence-electron chi connectivity index (χ4n) is 3.48. The largest absolute Gasteiger partial charge is 0.357 e. The molecule has 0 bridgehead atoms. The highest BCUT2D eigenvalue weighted by molar-refractivity contribution is 7.92. The van der Waals surface area contributed by atoms with Crippen LogP contribution in [0.4, 0.5) is 5.69 Å². The lowest BCUT2D eigenvalue weighted by molar-refractivity contribution is -0.139. The summed E-state index contributed by atoms with van der Waals surface area (Å²) in [4.78, 5) is 27.4. The Kier molecular flexibility index (Phi) is 9.24. The zero-order valence-corrected chi connectivity index (χ0v) is 22.6. The topological polar surface area (TPSA) is 86.8 Å². The van der Waals surface area contributed by atoms with Gasteiger partial charge in [0.2, 0.25) is 11.8 Å². The van der Waals surface area contributed by atoms with Gasteiger partial charge in [0.05, 0.1) is 20.6 Å². The van der Waals surface area contributed by atoms with Gasteiger partial charge in [-0.3, -0.25) is 13.9 Å². The van der Waals surface area contributed by atoms with Crippen molar-refractivity contribution < 1.29 is 18.0 Å². The van der Waals surface area contributed by atoms with E-state index < -0.39 is 34.4 Å². The highest BCUT2D eigenvalue weighted by Crippen LogP contribution is 2.27. The molecule has 0 aliphatic heterocycles. The van der Waals surface area contributed by atoms with Gasteiger partial charge in [0, 0.05) is 18.6 Å². The Labute approximate surface area is 225 Å². The average molecular weight is 569 g/mol. The van der Waals surface area contributed by atoms with E-state index in [1.165, 1.54) is 48.3 Å². The summed E-state index contributed by atoms with van der Waals surface area (Å²) in [6.45, 7) is 1.01. The first-order chi connectivity index (χ1) is 17.0. The standard InChI is InChI=1S/C25H24Cl3N3O4S/c1-17(25(33)29-2)30(15-18-8-13-22(27)23(28)14-18)24(32)16-31(20-11-9-19(26)10-12-20)36(34,35)21-6-4-3-5-7-21/h3-14,17H,15-16H2,1-2H3,(H,29,33)/t17-/m0/s1. The summed E-state index contributed by atoms with van der Waals surface area (Å²) in [7, 11) is -2.67. The summed E-state index contributed by atoms with van der Waals surface area (Å²) in [6.07, 6.45) is 0. The molecular formula is C25H24Cl3N3O4S. The minimum absolute atomic E-state index is 0.00412. The molecule has 11 heteroatoms. The van der Waals surface area contributed by atoms with Crippen LogP contribution >= 0.6 is 34.8 Å².